The molecule has 3 nitrogen and oxygen atoms in total. The van der Waals surface area contributed by atoms with Crippen molar-refractivity contribution in [2.45, 2.75) is 32.2 Å². The maximum atomic E-state index is 6.09. The number of nitrogens with zero attached hydrogens (tertiary/aromatic N) is 2. The Morgan fingerprint density at radius 1 is 1.40 bits per heavy atom. The van der Waals surface area contributed by atoms with Crippen molar-refractivity contribution in [3.63, 3.8) is 0 Å². The fraction of sp³-hybridized carbons (Fsp3) is 0.533. The molecule has 3 rings (SSSR count). The van der Waals surface area contributed by atoms with Gasteiger partial charge < -0.3 is 9.30 Å². The van der Waals surface area contributed by atoms with Crippen molar-refractivity contribution in [1.29, 1.82) is 0 Å². The van der Waals surface area contributed by atoms with E-state index in [2.05, 4.69) is 44.5 Å². The molecule has 20 heavy (non-hydrogen) atoms. The number of halogens is 2. The van der Waals surface area contributed by atoms with Crippen LogP contribution in [0.15, 0.2) is 22.7 Å². The van der Waals surface area contributed by atoms with Gasteiger partial charge >= 0.3 is 0 Å². The third-order valence-electron chi connectivity index (χ3n) is 4.15. The molecule has 0 unspecified atom stereocenters. The van der Waals surface area contributed by atoms with Crippen molar-refractivity contribution < 1.29 is 4.74 Å². The first-order chi connectivity index (χ1) is 9.61. The van der Waals surface area contributed by atoms with E-state index in [-0.39, 0.29) is 5.41 Å². The summed E-state index contributed by atoms with van der Waals surface area (Å²) in [5.41, 5.74) is 2.43. The van der Waals surface area contributed by atoms with Crippen LogP contribution in [-0.2, 0) is 17.2 Å². The van der Waals surface area contributed by atoms with E-state index in [1.165, 1.54) is 0 Å². The number of alkyl halides is 1. The first-order valence-electron chi connectivity index (χ1n) is 6.90. The summed E-state index contributed by atoms with van der Waals surface area (Å²) in [7, 11) is 0. The highest BCUT2D eigenvalue weighted by Gasteiger charge is 2.29. The Morgan fingerprint density at radius 3 is 2.85 bits per heavy atom. The lowest BCUT2D eigenvalue weighted by molar-refractivity contribution is 0.0157. The molecule has 0 N–H and O–H groups in total. The first kappa shape index (κ1) is 14.4. The Morgan fingerprint density at radius 2 is 2.15 bits per heavy atom. The largest absolute Gasteiger partial charge is 0.381 e. The summed E-state index contributed by atoms with van der Waals surface area (Å²) in [5, 5.41) is 0. The smallest absolute Gasteiger partial charge is 0.124 e. The SMILES string of the molecule is CC1(Cn2c(CCl)nc3cc(Br)ccc32)CCOCC1. The van der Waals surface area contributed by atoms with Gasteiger partial charge in [0.25, 0.3) is 0 Å². The van der Waals surface area contributed by atoms with Crippen LogP contribution in [-0.4, -0.2) is 22.8 Å². The molecule has 0 aliphatic carbocycles. The fourth-order valence-corrected chi connectivity index (χ4v) is 3.39. The molecule has 0 saturated carbocycles. The summed E-state index contributed by atoms with van der Waals surface area (Å²) >= 11 is 9.59. The molecule has 2 heterocycles. The zero-order chi connectivity index (χ0) is 14.2. The fourth-order valence-electron chi connectivity index (χ4n) is 2.84. The minimum Gasteiger partial charge on any atom is -0.381 e. The molecule has 0 atom stereocenters. The molecule has 0 spiro atoms. The Hall–Kier alpha value is -0.580. The van der Waals surface area contributed by atoms with Crippen LogP contribution in [0.2, 0.25) is 0 Å². The van der Waals surface area contributed by atoms with Gasteiger partial charge in [-0.15, -0.1) is 11.6 Å². The van der Waals surface area contributed by atoms with Crippen molar-refractivity contribution in [2.75, 3.05) is 13.2 Å². The van der Waals surface area contributed by atoms with Crippen LogP contribution in [0.3, 0.4) is 0 Å². The molecule has 1 aliphatic heterocycles. The van der Waals surface area contributed by atoms with Gasteiger partial charge in [0.1, 0.15) is 5.82 Å². The second kappa shape index (κ2) is 5.66. The minimum atomic E-state index is 0.264. The Balaban J connectivity index is 2.01. The van der Waals surface area contributed by atoms with Crippen molar-refractivity contribution in [3.8, 4) is 0 Å². The summed E-state index contributed by atoms with van der Waals surface area (Å²) < 4.78 is 8.81. The Kier molecular flexibility index (Phi) is 4.07. The molecule has 0 radical (unpaired) electrons. The molecule has 1 aliphatic rings. The molecule has 1 aromatic heterocycles. The summed E-state index contributed by atoms with van der Waals surface area (Å²) in [6.45, 7) is 4.99. The average molecular weight is 358 g/mol. The van der Waals surface area contributed by atoms with Gasteiger partial charge in [-0.2, -0.15) is 0 Å². The van der Waals surface area contributed by atoms with Gasteiger partial charge in [-0.3, -0.25) is 0 Å². The van der Waals surface area contributed by atoms with E-state index < -0.39 is 0 Å². The van der Waals surface area contributed by atoms with E-state index in [1.54, 1.807) is 0 Å². The van der Waals surface area contributed by atoms with Crippen molar-refractivity contribution >= 4 is 38.6 Å². The first-order valence-corrected chi connectivity index (χ1v) is 8.22. The quantitative estimate of drug-likeness (QED) is 0.763. The number of ether oxygens (including phenoxy) is 1. The zero-order valence-corrected chi connectivity index (χ0v) is 13.9. The van der Waals surface area contributed by atoms with Gasteiger partial charge in [0.15, 0.2) is 0 Å². The Labute approximate surface area is 132 Å². The molecule has 1 fully saturated rings. The highest BCUT2D eigenvalue weighted by Crippen LogP contribution is 2.34. The lowest BCUT2D eigenvalue weighted by atomic mass is 9.82. The summed E-state index contributed by atoms with van der Waals surface area (Å²) in [4.78, 5) is 4.66. The maximum Gasteiger partial charge on any atom is 0.124 e. The number of benzene rings is 1. The minimum absolute atomic E-state index is 0.264. The average Bonchev–Trinajstić information content (AvgIpc) is 2.76. The molecular formula is C15H18BrClN2O. The van der Waals surface area contributed by atoms with E-state index in [0.29, 0.717) is 5.88 Å². The molecule has 108 valence electrons. The van der Waals surface area contributed by atoms with Crippen LogP contribution in [0, 0.1) is 5.41 Å². The second-order valence-corrected chi connectivity index (χ2v) is 6.99. The topological polar surface area (TPSA) is 27.1 Å². The van der Waals surface area contributed by atoms with E-state index in [1.807, 2.05) is 6.07 Å². The number of fused-ring (bicyclic) bond motifs is 1. The van der Waals surface area contributed by atoms with Crippen LogP contribution >= 0.6 is 27.5 Å². The monoisotopic (exact) mass is 356 g/mol. The number of hydrogen-bond donors (Lipinski definition) is 0. The van der Waals surface area contributed by atoms with Crippen molar-refractivity contribution in [2.24, 2.45) is 5.41 Å². The molecule has 1 saturated heterocycles. The zero-order valence-electron chi connectivity index (χ0n) is 11.5. The van der Waals surface area contributed by atoms with Gasteiger partial charge in [-0.05, 0) is 36.5 Å². The number of imidazole rings is 1. The van der Waals surface area contributed by atoms with E-state index in [4.69, 9.17) is 16.3 Å². The normalized spacial score (nSPS) is 18.6. The van der Waals surface area contributed by atoms with Crippen LogP contribution in [0.1, 0.15) is 25.6 Å². The third kappa shape index (κ3) is 2.74. The van der Waals surface area contributed by atoms with Gasteiger partial charge in [0.2, 0.25) is 0 Å². The van der Waals surface area contributed by atoms with Gasteiger partial charge in [-0.1, -0.05) is 22.9 Å². The summed E-state index contributed by atoms with van der Waals surface area (Å²) in [6, 6.07) is 6.23. The summed E-state index contributed by atoms with van der Waals surface area (Å²) in [6.07, 6.45) is 2.18. The second-order valence-electron chi connectivity index (χ2n) is 5.80. The molecular weight excluding hydrogens is 340 g/mol. The van der Waals surface area contributed by atoms with Crippen molar-refractivity contribution in [3.05, 3.63) is 28.5 Å². The molecule has 0 bridgehead atoms. The molecule has 5 heteroatoms. The van der Waals surface area contributed by atoms with Crippen molar-refractivity contribution in [1.82, 2.24) is 9.55 Å². The standard InChI is InChI=1S/C15H18BrClN2O/c1-15(4-6-20-7-5-15)10-19-13-3-2-11(16)8-12(13)18-14(19)9-17/h2-3,8H,4-7,9-10H2,1H3. The predicted molar refractivity (Wildman–Crippen MR) is 85.2 cm³/mol. The molecule has 1 aromatic carbocycles. The third-order valence-corrected chi connectivity index (χ3v) is 4.88. The van der Waals surface area contributed by atoms with Crippen LogP contribution in [0.25, 0.3) is 11.0 Å². The highest BCUT2D eigenvalue weighted by molar-refractivity contribution is 9.10. The Bertz CT molecular complexity index is 620. The van der Waals surface area contributed by atoms with E-state index in [9.17, 15) is 0 Å². The number of aromatic nitrogens is 2. The molecule has 0 amide bonds. The predicted octanol–water partition coefficient (Wildman–Crippen LogP) is 4.35. The number of rotatable bonds is 3. The van der Waals surface area contributed by atoms with Crippen LogP contribution < -0.4 is 0 Å². The van der Waals surface area contributed by atoms with Gasteiger partial charge in [0.05, 0.1) is 16.9 Å². The lowest BCUT2D eigenvalue weighted by Crippen LogP contribution is -2.31. The maximum absolute atomic E-state index is 6.09. The van der Waals surface area contributed by atoms with Gasteiger partial charge in [-0.25, -0.2) is 4.98 Å². The van der Waals surface area contributed by atoms with Crippen LogP contribution in [0.4, 0.5) is 0 Å². The summed E-state index contributed by atoms with van der Waals surface area (Å²) in [5.74, 6) is 1.39. The van der Waals surface area contributed by atoms with E-state index >= 15 is 0 Å². The van der Waals surface area contributed by atoms with Crippen LogP contribution in [0.5, 0.6) is 0 Å². The molecule has 2 aromatic rings. The van der Waals surface area contributed by atoms with E-state index in [0.717, 1.165) is 53.9 Å². The number of hydrogen-bond acceptors (Lipinski definition) is 2. The highest BCUT2D eigenvalue weighted by atomic mass is 79.9. The lowest BCUT2D eigenvalue weighted by Gasteiger charge is -2.34. The van der Waals surface area contributed by atoms with Gasteiger partial charge in [0, 0.05) is 24.2 Å².